The van der Waals surface area contributed by atoms with Crippen molar-refractivity contribution in [3.05, 3.63) is 41.5 Å². The van der Waals surface area contributed by atoms with Gasteiger partial charge in [0.25, 0.3) is 0 Å². The van der Waals surface area contributed by atoms with E-state index in [-0.39, 0.29) is 23.8 Å². The van der Waals surface area contributed by atoms with Crippen LogP contribution >= 0.6 is 0 Å². The lowest BCUT2D eigenvalue weighted by Crippen LogP contribution is -2.34. The fourth-order valence-electron chi connectivity index (χ4n) is 2.75. The number of amides is 2. The zero-order valence-corrected chi connectivity index (χ0v) is 12.6. The van der Waals surface area contributed by atoms with Crippen molar-refractivity contribution in [1.82, 2.24) is 19.7 Å². The molecular weight excluding hydrogens is 285 g/mol. The Morgan fingerprint density at radius 1 is 1.45 bits per heavy atom. The zero-order chi connectivity index (χ0) is 15.7. The highest BCUT2D eigenvalue weighted by molar-refractivity contribution is 5.88. The summed E-state index contributed by atoms with van der Waals surface area (Å²) in [4.78, 5) is 18.3. The van der Waals surface area contributed by atoms with Gasteiger partial charge in [-0.05, 0) is 37.5 Å². The number of likely N-dealkylation sites (tertiary alicyclic amines) is 1. The van der Waals surface area contributed by atoms with Crippen molar-refractivity contribution in [3.8, 4) is 0 Å². The predicted octanol–water partition coefficient (Wildman–Crippen LogP) is 2.63. The molecule has 1 aliphatic heterocycles. The van der Waals surface area contributed by atoms with Crippen molar-refractivity contribution in [3.63, 3.8) is 0 Å². The second-order valence-corrected chi connectivity index (χ2v) is 5.44. The highest BCUT2D eigenvalue weighted by Gasteiger charge is 2.30. The Hall–Kier alpha value is -2.44. The van der Waals surface area contributed by atoms with Crippen molar-refractivity contribution in [2.24, 2.45) is 7.05 Å². The molecule has 0 spiro atoms. The molecule has 1 aromatic carbocycles. The molecule has 116 valence electrons. The van der Waals surface area contributed by atoms with Gasteiger partial charge in [0.15, 0.2) is 0 Å². The Morgan fingerprint density at radius 2 is 2.27 bits per heavy atom. The number of benzene rings is 1. The molecule has 1 N–H and O–H groups in total. The van der Waals surface area contributed by atoms with Gasteiger partial charge in [0.1, 0.15) is 11.6 Å². The van der Waals surface area contributed by atoms with Crippen LogP contribution in [0.25, 0.3) is 0 Å². The molecule has 0 aliphatic carbocycles. The Morgan fingerprint density at radius 3 is 2.95 bits per heavy atom. The van der Waals surface area contributed by atoms with E-state index in [1.807, 2.05) is 13.0 Å². The molecule has 22 heavy (non-hydrogen) atoms. The number of rotatable bonds is 2. The number of halogens is 1. The minimum atomic E-state index is -0.285. The molecule has 0 bridgehead atoms. The lowest BCUT2D eigenvalue weighted by Gasteiger charge is -2.24. The maximum atomic E-state index is 13.4. The number of aromatic nitrogens is 3. The number of hydrogen-bond donors (Lipinski definition) is 1. The van der Waals surface area contributed by atoms with E-state index in [2.05, 4.69) is 15.4 Å². The molecule has 1 aromatic heterocycles. The summed E-state index contributed by atoms with van der Waals surface area (Å²) < 4.78 is 15.0. The largest absolute Gasteiger partial charge is 0.324 e. The summed E-state index contributed by atoms with van der Waals surface area (Å²) in [5.41, 5.74) is 0.817. The molecule has 1 aliphatic rings. The molecule has 1 unspecified atom stereocenters. The van der Waals surface area contributed by atoms with Gasteiger partial charge < -0.3 is 4.90 Å². The molecule has 1 saturated heterocycles. The second kappa shape index (κ2) is 5.75. The normalized spacial score (nSPS) is 17.8. The number of hydrogen-bond acceptors (Lipinski definition) is 3. The molecule has 0 radical (unpaired) electrons. The Balaban J connectivity index is 1.76. The quantitative estimate of drug-likeness (QED) is 0.927. The summed E-state index contributed by atoms with van der Waals surface area (Å²) in [5.74, 6) is 0.722. The van der Waals surface area contributed by atoms with Crippen molar-refractivity contribution < 1.29 is 9.18 Å². The number of nitrogens with one attached hydrogen (secondary N) is 1. The first-order chi connectivity index (χ1) is 10.5. The summed E-state index contributed by atoms with van der Waals surface area (Å²) in [5, 5.41) is 6.83. The third-order valence-corrected chi connectivity index (χ3v) is 3.95. The van der Waals surface area contributed by atoms with Crippen LogP contribution in [0.4, 0.5) is 15.1 Å². The average Bonchev–Trinajstić information content (AvgIpc) is 3.06. The van der Waals surface area contributed by atoms with Gasteiger partial charge in [-0.25, -0.2) is 9.18 Å². The van der Waals surface area contributed by atoms with Gasteiger partial charge in [-0.2, -0.15) is 4.98 Å². The topological polar surface area (TPSA) is 63.1 Å². The zero-order valence-electron chi connectivity index (χ0n) is 12.6. The number of aryl methyl sites for hydroxylation is 2. The fourth-order valence-corrected chi connectivity index (χ4v) is 2.75. The standard InChI is InChI=1S/C15H18FN5O/c1-10-17-14(19-20(10)2)18-15(22)21-8-4-7-13(21)11-5-3-6-12(16)9-11/h3,5-6,9,13H,4,7-8H2,1-2H3,(H,18,19,22). The molecule has 7 heteroatoms. The van der Waals surface area contributed by atoms with E-state index in [0.29, 0.717) is 6.54 Å². The van der Waals surface area contributed by atoms with E-state index >= 15 is 0 Å². The minimum Gasteiger partial charge on any atom is -0.317 e. The van der Waals surface area contributed by atoms with Crippen molar-refractivity contribution in [2.45, 2.75) is 25.8 Å². The van der Waals surface area contributed by atoms with Gasteiger partial charge in [-0.15, -0.1) is 5.10 Å². The van der Waals surface area contributed by atoms with E-state index in [9.17, 15) is 9.18 Å². The first-order valence-electron chi connectivity index (χ1n) is 7.25. The maximum absolute atomic E-state index is 13.4. The van der Waals surface area contributed by atoms with Gasteiger partial charge >= 0.3 is 6.03 Å². The van der Waals surface area contributed by atoms with Gasteiger partial charge in [-0.1, -0.05) is 12.1 Å². The smallest absolute Gasteiger partial charge is 0.317 e. The van der Waals surface area contributed by atoms with Crippen LogP contribution in [0, 0.1) is 12.7 Å². The lowest BCUT2D eigenvalue weighted by molar-refractivity contribution is 0.207. The van der Waals surface area contributed by atoms with Crippen LogP contribution in [0.15, 0.2) is 24.3 Å². The van der Waals surface area contributed by atoms with E-state index in [1.54, 1.807) is 22.7 Å². The molecule has 1 atom stereocenters. The van der Waals surface area contributed by atoms with Gasteiger partial charge in [0, 0.05) is 13.6 Å². The SMILES string of the molecule is Cc1nc(NC(=O)N2CCCC2c2cccc(F)c2)nn1C. The molecule has 3 rings (SSSR count). The van der Waals surface area contributed by atoms with Crippen LogP contribution in [0.1, 0.15) is 30.3 Å². The number of urea groups is 1. The average molecular weight is 303 g/mol. The molecule has 2 amide bonds. The monoisotopic (exact) mass is 303 g/mol. The lowest BCUT2D eigenvalue weighted by atomic mass is 10.0. The van der Waals surface area contributed by atoms with Crippen LogP contribution in [-0.4, -0.2) is 32.2 Å². The number of carbonyl (C=O) groups is 1. The fraction of sp³-hybridized carbons (Fsp3) is 0.400. The molecule has 1 fully saturated rings. The van der Waals surface area contributed by atoms with Crippen molar-refractivity contribution in [2.75, 3.05) is 11.9 Å². The van der Waals surface area contributed by atoms with Crippen molar-refractivity contribution >= 4 is 12.0 Å². The molecule has 2 aromatic rings. The maximum Gasteiger partial charge on any atom is 0.324 e. The Labute approximate surface area is 128 Å². The summed E-state index contributed by atoms with van der Waals surface area (Å²) in [6.45, 7) is 2.45. The van der Waals surface area contributed by atoms with Crippen LogP contribution in [0.3, 0.4) is 0 Å². The highest BCUT2D eigenvalue weighted by atomic mass is 19.1. The number of nitrogens with zero attached hydrogens (tertiary/aromatic N) is 4. The molecule has 2 heterocycles. The Bertz CT molecular complexity index is 679. The van der Waals surface area contributed by atoms with E-state index < -0.39 is 0 Å². The number of anilines is 1. The Kier molecular flexibility index (Phi) is 3.79. The molecule has 0 saturated carbocycles. The minimum absolute atomic E-state index is 0.111. The van der Waals surface area contributed by atoms with Crippen LogP contribution in [0.2, 0.25) is 0 Å². The van der Waals surface area contributed by atoms with Crippen LogP contribution in [0.5, 0.6) is 0 Å². The first kappa shape index (κ1) is 14.5. The number of carbonyl (C=O) groups excluding carboxylic acids is 1. The highest BCUT2D eigenvalue weighted by Crippen LogP contribution is 2.32. The van der Waals surface area contributed by atoms with E-state index in [1.165, 1.54) is 12.1 Å². The third-order valence-electron chi connectivity index (χ3n) is 3.95. The first-order valence-corrected chi connectivity index (χ1v) is 7.25. The predicted molar refractivity (Wildman–Crippen MR) is 79.8 cm³/mol. The second-order valence-electron chi connectivity index (χ2n) is 5.44. The van der Waals surface area contributed by atoms with E-state index in [4.69, 9.17) is 0 Å². The third kappa shape index (κ3) is 2.79. The van der Waals surface area contributed by atoms with Crippen molar-refractivity contribution in [1.29, 1.82) is 0 Å². The summed E-state index contributed by atoms with van der Waals surface area (Å²) in [6.07, 6.45) is 1.72. The summed E-state index contributed by atoms with van der Waals surface area (Å²) in [6, 6.07) is 6.05. The van der Waals surface area contributed by atoms with Crippen LogP contribution < -0.4 is 5.32 Å². The van der Waals surface area contributed by atoms with Gasteiger partial charge in [0.05, 0.1) is 6.04 Å². The molecule has 6 nitrogen and oxygen atoms in total. The van der Waals surface area contributed by atoms with Gasteiger partial charge in [-0.3, -0.25) is 10.00 Å². The summed E-state index contributed by atoms with van der Waals surface area (Å²) in [7, 11) is 1.77. The van der Waals surface area contributed by atoms with Crippen LogP contribution in [-0.2, 0) is 7.05 Å². The summed E-state index contributed by atoms with van der Waals surface area (Å²) >= 11 is 0. The molecular formula is C15H18FN5O. The van der Waals surface area contributed by atoms with E-state index in [0.717, 1.165) is 24.2 Å². The van der Waals surface area contributed by atoms with Gasteiger partial charge in [0.2, 0.25) is 5.95 Å².